The molecule has 1 aliphatic heterocycles. The number of para-hydroxylation sites is 1. The molecule has 33 heavy (non-hydrogen) atoms. The first-order chi connectivity index (χ1) is 16.0. The number of carbonyl (C=O) groups excluding carboxylic acids is 2. The highest BCUT2D eigenvalue weighted by atomic mass is 32.2. The fraction of sp³-hybridized carbons (Fsp3) is 0.609. The van der Waals surface area contributed by atoms with E-state index < -0.39 is 0 Å². The lowest BCUT2D eigenvalue weighted by Crippen LogP contribution is -2.51. The van der Waals surface area contributed by atoms with Gasteiger partial charge >= 0.3 is 0 Å². The lowest BCUT2D eigenvalue weighted by Gasteiger charge is -2.34. The monoisotopic (exact) mass is 471 g/mol. The van der Waals surface area contributed by atoms with Crippen LogP contribution in [0, 0.1) is 13.8 Å². The Morgan fingerprint density at radius 1 is 1.06 bits per heavy atom. The molecule has 2 amide bonds. The molecule has 10 heteroatoms. The molecule has 1 aromatic carbocycles. The number of aryl methyl sites for hydroxylation is 2. The number of nitrogens with one attached hydrogen (secondary N) is 1. The maximum atomic E-state index is 12.8. The Morgan fingerprint density at radius 3 is 2.45 bits per heavy atom. The average Bonchev–Trinajstić information content (AvgIpc) is 3.30. The molecule has 0 radical (unpaired) electrons. The summed E-state index contributed by atoms with van der Waals surface area (Å²) in [5.41, 5.74) is 3.01. The zero-order valence-electron chi connectivity index (χ0n) is 19.5. The molecule has 1 saturated heterocycles. The number of hydrogen-bond donors (Lipinski definition) is 1. The molecule has 1 saturated carbocycles. The Bertz CT molecular complexity index is 945. The number of benzene rings is 1. The minimum absolute atomic E-state index is 0.0164. The number of tetrazole rings is 1. The molecule has 178 valence electrons. The summed E-state index contributed by atoms with van der Waals surface area (Å²) in [6.07, 6.45) is 5.90. The van der Waals surface area contributed by atoms with Crippen molar-refractivity contribution in [2.24, 2.45) is 0 Å². The average molecular weight is 472 g/mol. The van der Waals surface area contributed by atoms with Crippen LogP contribution in [0.15, 0.2) is 23.4 Å². The van der Waals surface area contributed by atoms with Crippen molar-refractivity contribution in [2.75, 3.05) is 43.8 Å². The molecule has 1 N–H and O–H groups in total. The van der Waals surface area contributed by atoms with Gasteiger partial charge in [-0.15, -0.1) is 5.10 Å². The third-order valence-electron chi connectivity index (χ3n) is 6.55. The van der Waals surface area contributed by atoms with Gasteiger partial charge in [-0.3, -0.25) is 14.5 Å². The van der Waals surface area contributed by atoms with Gasteiger partial charge in [-0.25, -0.2) is 4.68 Å². The predicted octanol–water partition coefficient (Wildman–Crippen LogP) is 2.67. The minimum Gasteiger partial charge on any atom is -0.339 e. The highest BCUT2D eigenvalue weighted by Crippen LogP contribution is 2.30. The van der Waals surface area contributed by atoms with E-state index in [1.54, 1.807) is 0 Å². The van der Waals surface area contributed by atoms with E-state index in [1.807, 2.05) is 41.6 Å². The molecule has 2 fully saturated rings. The van der Waals surface area contributed by atoms with Gasteiger partial charge in [0.25, 0.3) is 0 Å². The number of nitrogens with zero attached hydrogens (tertiary/aromatic N) is 6. The van der Waals surface area contributed by atoms with E-state index in [2.05, 4.69) is 25.7 Å². The van der Waals surface area contributed by atoms with Crippen LogP contribution in [-0.2, 0) is 9.59 Å². The third-order valence-corrected chi connectivity index (χ3v) is 7.46. The number of rotatable bonds is 7. The van der Waals surface area contributed by atoms with Crippen LogP contribution in [0.1, 0.15) is 49.3 Å². The number of anilines is 1. The standard InChI is InChI=1S/C23H33N7O2S/c1-17-7-6-8-18(2)22(17)24-20(31)15-28-11-13-29(14-12-28)21(32)16-33-23-25-26-27-30(23)19-9-4-3-5-10-19/h6-8,19H,3-5,9-16H2,1-2H3,(H,24,31). The molecule has 2 aromatic rings. The number of carbonyl (C=O) groups is 2. The molecule has 4 rings (SSSR count). The Kier molecular flexibility index (Phi) is 7.97. The summed E-state index contributed by atoms with van der Waals surface area (Å²) in [4.78, 5) is 29.3. The van der Waals surface area contributed by atoms with Gasteiger partial charge in [-0.2, -0.15) is 0 Å². The predicted molar refractivity (Wildman–Crippen MR) is 128 cm³/mol. The molecule has 0 spiro atoms. The van der Waals surface area contributed by atoms with Gasteiger partial charge in [0.2, 0.25) is 17.0 Å². The van der Waals surface area contributed by atoms with Crippen LogP contribution in [0.2, 0.25) is 0 Å². The molecule has 2 heterocycles. The molecule has 9 nitrogen and oxygen atoms in total. The summed E-state index contributed by atoms with van der Waals surface area (Å²) in [6, 6.07) is 6.34. The van der Waals surface area contributed by atoms with E-state index in [0.717, 1.165) is 34.8 Å². The number of aromatic nitrogens is 4. The third kappa shape index (κ3) is 6.11. The number of thioether (sulfide) groups is 1. The van der Waals surface area contributed by atoms with E-state index in [-0.39, 0.29) is 11.8 Å². The van der Waals surface area contributed by atoms with Crippen LogP contribution in [-0.4, -0.2) is 80.3 Å². The first-order valence-electron chi connectivity index (χ1n) is 11.8. The lowest BCUT2D eigenvalue weighted by atomic mass is 9.96. The van der Waals surface area contributed by atoms with Crippen LogP contribution in [0.25, 0.3) is 0 Å². The van der Waals surface area contributed by atoms with Crippen molar-refractivity contribution in [3.8, 4) is 0 Å². The maximum Gasteiger partial charge on any atom is 0.238 e. The van der Waals surface area contributed by atoms with Gasteiger partial charge in [-0.1, -0.05) is 49.2 Å². The van der Waals surface area contributed by atoms with Crippen molar-refractivity contribution < 1.29 is 9.59 Å². The van der Waals surface area contributed by atoms with E-state index in [1.165, 1.54) is 31.0 Å². The first kappa shape index (κ1) is 23.7. The van der Waals surface area contributed by atoms with Crippen molar-refractivity contribution in [1.82, 2.24) is 30.0 Å². The van der Waals surface area contributed by atoms with Gasteiger partial charge in [0.1, 0.15) is 0 Å². The molecule has 1 aliphatic carbocycles. The molecule has 0 unspecified atom stereocenters. The molecule has 1 aromatic heterocycles. The number of hydrogen-bond acceptors (Lipinski definition) is 7. The quantitative estimate of drug-likeness (QED) is 0.620. The molecule has 0 atom stereocenters. The highest BCUT2D eigenvalue weighted by molar-refractivity contribution is 7.99. The highest BCUT2D eigenvalue weighted by Gasteiger charge is 2.25. The van der Waals surface area contributed by atoms with Gasteiger partial charge in [0.15, 0.2) is 0 Å². The summed E-state index contributed by atoms with van der Waals surface area (Å²) < 4.78 is 1.91. The van der Waals surface area contributed by atoms with E-state index in [0.29, 0.717) is 44.5 Å². The molecule has 0 bridgehead atoms. The summed E-state index contributed by atoms with van der Waals surface area (Å²) in [5.74, 6) is 0.412. The van der Waals surface area contributed by atoms with Gasteiger partial charge in [-0.05, 0) is 48.2 Å². The Hall–Kier alpha value is -2.46. The van der Waals surface area contributed by atoms with Crippen LogP contribution in [0.4, 0.5) is 5.69 Å². The summed E-state index contributed by atoms with van der Waals surface area (Å²) in [5, 5.41) is 15.9. The lowest BCUT2D eigenvalue weighted by molar-refractivity contribution is -0.130. The topological polar surface area (TPSA) is 96.2 Å². The first-order valence-corrected chi connectivity index (χ1v) is 12.8. The minimum atomic E-state index is -0.0164. The summed E-state index contributed by atoms with van der Waals surface area (Å²) in [7, 11) is 0. The van der Waals surface area contributed by atoms with Crippen LogP contribution in [0.5, 0.6) is 0 Å². The Labute approximate surface area is 199 Å². The fourth-order valence-corrected chi connectivity index (χ4v) is 5.45. The van der Waals surface area contributed by atoms with Crippen molar-refractivity contribution >= 4 is 29.3 Å². The van der Waals surface area contributed by atoms with E-state index in [9.17, 15) is 9.59 Å². The van der Waals surface area contributed by atoms with Crippen molar-refractivity contribution in [3.05, 3.63) is 29.3 Å². The van der Waals surface area contributed by atoms with Gasteiger partial charge in [0, 0.05) is 31.9 Å². The zero-order valence-corrected chi connectivity index (χ0v) is 20.3. The second-order valence-electron chi connectivity index (χ2n) is 8.96. The molecular formula is C23H33N7O2S. The smallest absolute Gasteiger partial charge is 0.238 e. The van der Waals surface area contributed by atoms with Crippen LogP contribution < -0.4 is 5.32 Å². The normalized spacial score (nSPS) is 17.8. The summed E-state index contributed by atoms with van der Waals surface area (Å²) >= 11 is 1.42. The Morgan fingerprint density at radius 2 is 1.76 bits per heavy atom. The Balaban J connectivity index is 1.21. The largest absolute Gasteiger partial charge is 0.339 e. The molecule has 2 aliphatic rings. The maximum absolute atomic E-state index is 12.8. The molecular weight excluding hydrogens is 438 g/mol. The SMILES string of the molecule is Cc1cccc(C)c1NC(=O)CN1CCN(C(=O)CSc2nnnn2C2CCCCC2)CC1. The number of piperazine rings is 1. The zero-order chi connectivity index (χ0) is 23.2. The van der Waals surface area contributed by atoms with Gasteiger partial charge in [0.05, 0.1) is 18.3 Å². The van der Waals surface area contributed by atoms with Crippen LogP contribution in [0.3, 0.4) is 0 Å². The second kappa shape index (κ2) is 11.1. The second-order valence-corrected chi connectivity index (χ2v) is 9.90. The summed E-state index contributed by atoms with van der Waals surface area (Å²) in [6.45, 7) is 6.97. The van der Waals surface area contributed by atoms with Gasteiger partial charge < -0.3 is 10.2 Å². The number of amides is 2. The van der Waals surface area contributed by atoms with Crippen molar-refractivity contribution in [3.63, 3.8) is 0 Å². The van der Waals surface area contributed by atoms with E-state index in [4.69, 9.17) is 0 Å². The van der Waals surface area contributed by atoms with Crippen molar-refractivity contribution in [1.29, 1.82) is 0 Å². The van der Waals surface area contributed by atoms with E-state index >= 15 is 0 Å². The fourth-order valence-electron chi connectivity index (χ4n) is 4.60. The van der Waals surface area contributed by atoms with Crippen LogP contribution >= 0.6 is 11.8 Å². The van der Waals surface area contributed by atoms with Crippen molar-refractivity contribution in [2.45, 2.75) is 57.1 Å².